The fraction of sp³-hybridized carbons (Fsp3) is 0.381. The molecule has 1 atom stereocenters. The number of thioether (sulfide) groups is 1. The molecular weight excluding hydrogens is 419 g/mol. The normalized spacial score (nSPS) is 18.8. The number of nitrogens with zero attached hydrogens (tertiary/aromatic N) is 1. The highest BCUT2D eigenvalue weighted by molar-refractivity contribution is 7.99. The molecule has 4 rings (SSSR count). The van der Waals surface area contributed by atoms with Crippen molar-refractivity contribution in [3.63, 3.8) is 0 Å². The van der Waals surface area contributed by atoms with Gasteiger partial charge in [0.2, 0.25) is 6.79 Å². The standard InChI is InChI=1S/C21H20F3NO4S/c22-21(23,24)15-2-1-3-16(11-15)27-12-20(26)25-7-6-19(30-9-8-25)14-4-5-17-18(10-14)29-13-28-17/h1-5,10-11,19H,6-9,12-13H2. The van der Waals surface area contributed by atoms with Gasteiger partial charge >= 0.3 is 6.18 Å². The molecule has 0 N–H and O–H groups in total. The number of hydrogen-bond acceptors (Lipinski definition) is 5. The van der Waals surface area contributed by atoms with Crippen LogP contribution in [-0.4, -0.2) is 43.0 Å². The zero-order valence-electron chi connectivity index (χ0n) is 16.0. The van der Waals surface area contributed by atoms with Crippen LogP contribution >= 0.6 is 11.8 Å². The molecule has 0 spiro atoms. The van der Waals surface area contributed by atoms with Crippen LogP contribution in [-0.2, 0) is 11.0 Å². The van der Waals surface area contributed by atoms with Crippen LogP contribution < -0.4 is 14.2 Å². The minimum atomic E-state index is -4.45. The molecule has 0 aliphatic carbocycles. The van der Waals surface area contributed by atoms with E-state index < -0.39 is 11.7 Å². The Bertz CT molecular complexity index is 921. The molecular formula is C21H20F3NO4S. The van der Waals surface area contributed by atoms with Crippen molar-refractivity contribution in [2.24, 2.45) is 0 Å². The first-order valence-electron chi connectivity index (χ1n) is 9.49. The summed E-state index contributed by atoms with van der Waals surface area (Å²) >= 11 is 1.77. The number of amides is 1. The number of alkyl halides is 3. The van der Waals surface area contributed by atoms with Crippen LogP contribution in [0.25, 0.3) is 0 Å². The lowest BCUT2D eigenvalue weighted by Gasteiger charge is -2.20. The van der Waals surface area contributed by atoms with Crippen LogP contribution in [0.1, 0.15) is 22.8 Å². The first-order chi connectivity index (χ1) is 14.4. The van der Waals surface area contributed by atoms with Gasteiger partial charge in [0.25, 0.3) is 5.91 Å². The van der Waals surface area contributed by atoms with Crippen LogP contribution in [0.15, 0.2) is 42.5 Å². The van der Waals surface area contributed by atoms with E-state index in [0.29, 0.717) is 13.1 Å². The van der Waals surface area contributed by atoms with Crippen LogP contribution in [0, 0.1) is 0 Å². The number of fused-ring (bicyclic) bond motifs is 1. The lowest BCUT2D eigenvalue weighted by molar-refractivity contribution is -0.137. The van der Waals surface area contributed by atoms with Gasteiger partial charge in [-0.05, 0) is 42.3 Å². The van der Waals surface area contributed by atoms with Gasteiger partial charge in [-0.15, -0.1) is 0 Å². The Morgan fingerprint density at radius 3 is 2.80 bits per heavy atom. The van der Waals surface area contributed by atoms with Crippen molar-refractivity contribution in [3.05, 3.63) is 53.6 Å². The summed E-state index contributed by atoms with van der Waals surface area (Å²) in [5, 5.41) is 0.224. The van der Waals surface area contributed by atoms with Gasteiger partial charge in [-0.3, -0.25) is 4.79 Å². The lowest BCUT2D eigenvalue weighted by atomic mass is 10.1. The predicted octanol–water partition coefficient (Wildman–Crippen LogP) is 4.52. The summed E-state index contributed by atoms with van der Waals surface area (Å²) in [6.45, 7) is 1.05. The maximum Gasteiger partial charge on any atom is 0.416 e. The molecule has 0 radical (unpaired) electrons. The van der Waals surface area contributed by atoms with Crippen molar-refractivity contribution >= 4 is 17.7 Å². The van der Waals surface area contributed by atoms with Crippen molar-refractivity contribution in [2.75, 3.05) is 32.2 Å². The first kappa shape index (κ1) is 20.7. The summed E-state index contributed by atoms with van der Waals surface area (Å²) in [5.74, 6) is 2.02. The topological polar surface area (TPSA) is 48.0 Å². The van der Waals surface area contributed by atoms with E-state index in [1.807, 2.05) is 18.2 Å². The first-order valence-corrected chi connectivity index (χ1v) is 10.5. The van der Waals surface area contributed by atoms with Crippen LogP contribution in [0.5, 0.6) is 17.2 Å². The van der Waals surface area contributed by atoms with Crippen LogP contribution in [0.2, 0.25) is 0 Å². The summed E-state index contributed by atoms with van der Waals surface area (Å²) in [4.78, 5) is 14.2. The number of rotatable bonds is 4. The van der Waals surface area contributed by atoms with Crippen LogP contribution in [0.4, 0.5) is 13.2 Å². The fourth-order valence-electron chi connectivity index (χ4n) is 3.40. The number of halogens is 3. The SMILES string of the molecule is O=C(COc1cccc(C(F)(F)F)c1)N1CCSC(c2ccc3c(c2)OCO3)CC1. The van der Waals surface area contributed by atoms with Gasteiger partial charge in [0.1, 0.15) is 5.75 Å². The maximum absolute atomic E-state index is 12.8. The molecule has 2 aliphatic heterocycles. The third-order valence-corrected chi connectivity index (χ3v) is 6.31. The predicted molar refractivity (Wildman–Crippen MR) is 106 cm³/mol. The minimum absolute atomic E-state index is 0.0283. The summed E-state index contributed by atoms with van der Waals surface area (Å²) < 4.78 is 54.5. The van der Waals surface area contributed by atoms with Gasteiger partial charge in [-0.1, -0.05) is 12.1 Å². The molecule has 9 heteroatoms. The molecule has 2 aliphatic rings. The van der Waals surface area contributed by atoms with Gasteiger partial charge in [0.05, 0.1) is 5.56 Å². The second-order valence-electron chi connectivity index (χ2n) is 6.96. The lowest BCUT2D eigenvalue weighted by Crippen LogP contribution is -2.36. The smallest absolute Gasteiger partial charge is 0.416 e. The van der Waals surface area contributed by atoms with Gasteiger partial charge in [0, 0.05) is 24.1 Å². The van der Waals surface area contributed by atoms with E-state index in [-0.39, 0.29) is 30.3 Å². The molecule has 1 saturated heterocycles. The zero-order chi connectivity index (χ0) is 21.1. The average molecular weight is 439 g/mol. The molecule has 1 amide bonds. The molecule has 2 heterocycles. The second kappa shape index (κ2) is 8.67. The molecule has 2 aromatic carbocycles. The summed E-state index contributed by atoms with van der Waals surface area (Å²) in [6, 6.07) is 10.4. The Kier molecular flexibility index (Phi) is 5.99. The average Bonchev–Trinajstić information content (AvgIpc) is 3.06. The van der Waals surface area contributed by atoms with E-state index in [1.165, 1.54) is 12.1 Å². The molecule has 160 valence electrons. The molecule has 30 heavy (non-hydrogen) atoms. The van der Waals surface area contributed by atoms with Crippen molar-refractivity contribution < 1.29 is 32.2 Å². The third-order valence-electron chi connectivity index (χ3n) is 4.99. The van der Waals surface area contributed by atoms with Crippen molar-refractivity contribution in [3.8, 4) is 17.2 Å². The van der Waals surface area contributed by atoms with Crippen LogP contribution in [0.3, 0.4) is 0 Å². The van der Waals surface area contributed by atoms with E-state index in [9.17, 15) is 18.0 Å². The molecule has 2 aromatic rings. The molecule has 0 aromatic heterocycles. The number of carbonyl (C=O) groups excluding carboxylic acids is 1. The molecule has 5 nitrogen and oxygen atoms in total. The number of hydrogen-bond donors (Lipinski definition) is 0. The van der Waals surface area contributed by atoms with E-state index in [0.717, 1.165) is 41.4 Å². The molecule has 1 unspecified atom stereocenters. The van der Waals surface area contributed by atoms with E-state index in [1.54, 1.807) is 16.7 Å². The largest absolute Gasteiger partial charge is 0.484 e. The maximum atomic E-state index is 12.8. The second-order valence-corrected chi connectivity index (χ2v) is 8.27. The fourth-order valence-corrected chi connectivity index (χ4v) is 4.62. The monoisotopic (exact) mass is 439 g/mol. The summed E-state index contributed by atoms with van der Waals surface area (Å²) in [6.07, 6.45) is -3.69. The summed E-state index contributed by atoms with van der Waals surface area (Å²) in [5.41, 5.74) is 0.323. The Morgan fingerprint density at radius 2 is 1.97 bits per heavy atom. The van der Waals surface area contributed by atoms with Gasteiger partial charge in [-0.25, -0.2) is 0 Å². The third kappa shape index (κ3) is 4.77. The zero-order valence-corrected chi connectivity index (χ0v) is 16.8. The van der Waals surface area contributed by atoms with Gasteiger partial charge in [0.15, 0.2) is 18.1 Å². The van der Waals surface area contributed by atoms with Gasteiger partial charge in [-0.2, -0.15) is 24.9 Å². The Labute approximate surface area is 176 Å². The Balaban J connectivity index is 1.33. The summed E-state index contributed by atoms with van der Waals surface area (Å²) in [7, 11) is 0. The molecule has 1 fully saturated rings. The van der Waals surface area contributed by atoms with Gasteiger partial charge < -0.3 is 19.1 Å². The number of ether oxygens (including phenoxy) is 3. The number of benzene rings is 2. The van der Waals surface area contributed by atoms with Crippen molar-refractivity contribution in [1.82, 2.24) is 4.90 Å². The Morgan fingerprint density at radius 1 is 1.13 bits per heavy atom. The number of carbonyl (C=O) groups is 1. The minimum Gasteiger partial charge on any atom is -0.484 e. The molecule has 0 saturated carbocycles. The van der Waals surface area contributed by atoms with E-state index >= 15 is 0 Å². The van der Waals surface area contributed by atoms with E-state index in [2.05, 4.69) is 0 Å². The Hall–Kier alpha value is -2.55. The van der Waals surface area contributed by atoms with Crippen molar-refractivity contribution in [1.29, 1.82) is 0 Å². The highest BCUT2D eigenvalue weighted by Crippen LogP contribution is 2.40. The highest BCUT2D eigenvalue weighted by atomic mass is 32.2. The highest BCUT2D eigenvalue weighted by Gasteiger charge is 2.31. The van der Waals surface area contributed by atoms with Crippen molar-refractivity contribution in [2.45, 2.75) is 17.8 Å². The quantitative estimate of drug-likeness (QED) is 0.701. The molecule has 0 bridgehead atoms. The van der Waals surface area contributed by atoms with E-state index in [4.69, 9.17) is 14.2 Å².